The molecule has 7 nitrogen and oxygen atoms in total. The summed E-state index contributed by atoms with van der Waals surface area (Å²) in [5, 5.41) is 2.79. The summed E-state index contributed by atoms with van der Waals surface area (Å²) in [5.74, 6) is -0.906. The minimum atomic E-state index is -3.69. The molecule has 2 aliphatic rings. The standard InChI is InChI=1S/C23H29FN4O3S/c1-26-12-14-28(15-13-26)32(30,31)20-7-5-6-18(16-20)23(29)25-21-17-19(24)8-9-22(21)27-10-3-2-4-11-27/h5-9,16-17H,2-4,10-15H2,1H3,(H,25,29). The lowest BCUT2D eigenvalue weighted by Gasteiger charge is -2.31. The van der Waals surface area contributed by atoms with Crippen molar-refractivity contribution in [3.8, 4) is 0 Å². The monoisotopic (exact) mass is 460 g/mol. The van der Waals surface area contributed by atoms with Crippen molar-refractivity contribution in [2.75, 3.05) is 56.5 Å². The van der Waals surface area contributed by atoms with Gasteiger partial charge >= 0.3 is 0 Å². The van der Waals surface area contributed by atoms with E-state index in [1.54, 1.807) is 18.2 Å². The first-order chi connectivity index (χ1) is 15.3. The molecule has 1 N–H and O–H groups in total. The van der Waals surface area contributed by atoms with Gasteiger partial charge in [-0.15, -0.1) is 0 Å². The average Bonchev–Trinajstić information content (AvgIpc) is 2.80. The number of hydrogen-bond donors (Lipinski definition) is 1. The van der Waals surface area contributed by atoms with E-state index in [-0.39, 0.29) is 10.5 Å². The molecule has 2 heterocycles. The highest BCUT2D eigenvalue weighted by molar-refractivity contribution is 7.89. The van der Waals surface area contributed by atoms with E-state index in [0.29, 0.717) is 31.9 Å². The Hall–Kier alpha value is -2.49. The van der Waals surface area contributed by atoms with E-state index in [1.165, 1.54) is 28.6 Å². The quantitative estimate of drug-likeness (QED) is 0.743. The fraction of sp³-hybridized carbons (Fsp3) is 0.435. The van der Waals surface area contributed by atoms with Crippen LogP contribution in [-0.4, -0.2) is 69.8 Å². The number of likely N-dealkylation sites (N-methyl/N-ethyl adjacent to an activating group) is 1. The second-order valence-electron chi connectivity index (χ2n) is 8.40. The topological polar surface area (TPSA) is 73.0 Å². The van der Waals surface area contributed by atoms with E-state index in [0.717, 1.165) is 38.0 Å². The van der Waals surface area contributed by atoms with Gasteiger partial charge in [-0.3, -0.25) is 4.79 Å². The molecule has 9 heteroatoms. The van der Waals surface area contributed by atoms with Crippen molar-refractivity contribution in [3.63, 3.8) is 0 Å². The van der Waals surface area contributed by atoms with Gasteiger partial charge in [0.25, 0.3) is 5.91 Å². The van der Waals surface area contributed by atoms with Crippen LogP contribution in [0, 0.1) is 5.82 Å². The van der Waals surface area contributed by atoms with E-state index in [2.05, 4.69) is 15.1 Å². The first-order valence-corrected chi connectivity index (χ1v) is 12.4. The van der Waals surface area contributed by atoms with E-state index in [1.807, 2.05) is 7.05 Å². The molecule has 0 aromatic heterocycles. The van der Waals surface area contributed by atoms with Gasteiger partial charge in [-0.1, -0.05) is 6.07 Å². The Morgan fingerprint density at radius 3 is 2.38 bits per heavy atom. The highest BCUT2D eigenvalue weighted by atomic mass is 32.2. The summed E-state index contributed by atoms with van der Waals surface area (Å²) in [4.78, 5) is 17.3. The zero-order valence-electron chi connectivity index (χ0n) is 18.3. The second-order valence-corrected chi connectivity index (χ2v) is 10.3. The van der Waals surface area contributed by atoms with Gasteiger partial charge in [0.15, 0.2) is 0 Å². The number of benzene rings is 2. The smallest absolute Gasteiger partial charge is 0.255 e. The molecule has 2 fully saturated rings. The molecule has 0 aliphatic carbocycles. The van der Waals surface area contributed by atoms with Gasteiger partial charge in [0.1, 0.15) is 5.82 Å². The molecule has 0 unspecified atom stereocenters. The lowest BCUT2D eigenvalue weighted by Crippen LogP contribution is -2.47. The minimum absolute atomic E-state index is 0.0881. The Bertz CT molecular complexity index is 1080. The van der Waals surface area contributed by atoms with Gasteiger partial charge in [-0.2, -0.15) is 4.31 Å². The van der Waals surface area contributed by atoms with Crippen LogP contribution < -0.4 is 10.2 Å². The van der Waals surface area contributed by atoms with Crippen molar-refractivity contribution in [1.82, 2.24) is 9.21 Å². The van der Waals surface area contributed by atoms with Crippen LogP contribution >= 0.6 is 0 Å². The van der Waals surface area contributed by atoms with E-state index < -0.39 is 21.7 Å². The van der Waals surface area contributed by atoms with Crippen molar-refractivity contribution in [3.05, 3.63) is 53.8 Å². The van der Waals surface area contributed by atoms with Crippen LogP contribution in [0.4, 0.5) is 15.8 Å². The number of piperazine rings is 1. The molecule has 1 amide bonds. The van der Waals surface area contributed by atoms with Gasteiger partial charge in [0.2, 0.25) is 10.0 Å². The lowest BCUT2D eigenvalue weighted by molar-refractivity contribution is 0.102. The fourth-order valence-corrected chi connectivity index (χ4v) is 5.66. The number of halogens is 1. The molecule has 0 atom stereocenters. The fourth-order valence-electron chi connectivity index (χ4n) is 4.19. The molecule has 0 spiro atoms. The van der Waals surface area contributed by atoms with Gasteiger partial charge in [0, 0.05) is 44.8 Å². The van der Waals surface area contributed by atoms with Crippen LogP contribution in [0.2, 0.25) is 0 Å². The third kappa shape index (κ3) is 4.95. The van der Waals surface area contributed by atoms with Crippen LogP contribution in [0.15, 0.2) is 47.4 Å². The molecule has 4 rings (SSSR count). The van der Waals surface area contributed by atoms with Crippen molar-refractivity contribution in [2.24, 2.45) is 0 Å². The molecule has 0 bridgehead atoms. The summed E-state index contributed by atoms with van der Waals surface area (Å²) in [5.41, 5.74) is 1.39. The summed E-state index contributed by atoms with van der Waals surface area (Å²) in [6.45, 7) is 3.87. The highest BCUT2D eigenvalue weighted by Crippen LogP contribution is 2.30. The number of hydrogen-bond acceptors (Lipinski definition) is 5. The Morgan fingerprint density at radius 1 is 0.938 bits per heavy atom. The number of piperidine rings is 1. The summed E-state index contributed by atoms with van der Waals surface area (Å²) in [6.07, 6.45) is 3.27. The molecular formula is C23H29FN4O3S. The van der Waals surface area contributed by atoms with Crippen molar-refractivity contribution in [1.29, 1.82) is 0 Å². The normalized spacial score (nSPS) is 18.5. The Morgan fingerprint density at radius 2 is 1.66 bits per heavy atom. The lowest BCUT2D eigenvalue weighted by atomic mass is 10.1. The van der Waals surface area contributed by atoms with Crippen LogP contribution in [0.1, 0.15) is 29.6 Å². The maximum absolute atomic E-state index is 14.0. The number of sulfonamides is 1. The van der Waals surface area contributed by atoms with Gasteiger partial charge < -0.3 is 15.1 Å². The molecule has 0 radical (unpaired) electrons. The zero-order valence-corrected chi connectivity index (χ0v) is 19.1. The molecular weight excluding hydrogens is 431 g/mol. The molecule has 2 aromatic carbocycles. The summed E-state index contributed by atoms with van der Waals surface area (Å²) in [7, 11) is -1.73. The first kappa shape index (κ1) is 22.7. The predicted octanol–water partition coefficient (Wildman–Crippen LogP) is 3.00. The van der Waals surface area contributed by atoms with Gasteiger partial charge in [-0.25, -0.2) is 12.8 Å². The number of carbonyl (C=O) groups is 1. The van der Waals surface area contributed by atoms with Crippen LogP contribution in [-0.2, 0) is 10.0 Å². The second kappa shape index (κ2) is 9.56. The molecule has 2 saturated heterocycles. The Labute approximate surface area is 188 Å². The third-order valence-electron chi connectivity index (χ3n) is 6.10. The first-order valence-electron chi connectivity index (χ1n) is 11.0. The summed E-state index contributed by atoms with van der Waals surface area (Å²) < 4.78 is 41.5. The molecule has 2 aliphatic heterocycles. The number of nitrogens with zero attached hydrogens (tertiary/aromatic N) is 3. The van der Waals surface area contributed by atoms with E-state index in [4.69, 9.17) is 0 Å². The molecule has 0 saturated carbocycles. The van der Waals surface area contributed by atoms with E-state index in [9.17, 15) is 17.6 Å². The maximum Gasteiger partial charge on any atom is 0.255 e. The number of carbonyl (C=O) groups excluding carboxylic acids is 1. The molecule has 32 heavy (non-hydrogen) atoms. The largest absolute Gasteiger partial charge is 0.370 e. The molecule has 2 aromatic rings. The molecule has 172 valence electrons. The van der Waals surface area contributed by atoms with Gasteiger partial charge in [-0.05, 0) is 62.7 Å². The van der Waals surface area contributed by atoms with Crippen molar-refractivity contribution < 1.29 is 17.6 Å². The highest BCUT2D eigenvalue weighted by Gasteiger charge is 2.28. The Kier molecular flexibility index (Phi) is 6.78. The Balaban J connectivity index is 1.56. The SMILES string of the molecule is CN1CCN(S(=O)(=O)c2cccc(C(=O)Nc3cc(F)ccc3N3CCCCC3)c2)CC1. The maximum atomic E-state index is 14.0. The van der Waals surface area contributed by atoms with Crippen LogP contribution in [0.5, 0.6) is 0 Å². The van der Waals surface area contributed by atoms with E-state index >= 15 is 0 Å². The summed E-state index contributed by atoms with van der Waals surface area (Å²) in [6, 6.07) is 10.4. The number of nitrogens with one attached hydrogen (secondary N) is 1. The minimum Gasteiger partial charge on any atom is -0.370 e. The van der Waals surface area contributed by atoms with Crippen molar-refractivity contribution >= 4 is 27.3 Å². The van der Waals surface area contributed by atoms with Crippen LogP contribution in [0.3, 0.4) is 0 Å². The van der Waals surface area contributed by atoms with Crippen molar-refractivity contribution in [2.45, 2.75) is 24.2 Å². The number of rotatable bonds is 5. The van der Waals surface area contributed by atoms with Gasteiger partial charge in [0.05, 0.1) is 16.3 Å². The third-order valence-corrected chi connectivity index (χ3v) is 7.99. The average molecular weight is 461 g/mol. The summed E-state index contributed by atoms with van der Waals surface area (Å²) >= 11 is 0. The predicted molar refractivity (Wildman–Crippen MR) is 123 cm³/mol. The number of anilines is 2. The van der Waals surface area contributed by atoms with Crippen LogP contribution in [0.25, 0.3) is 0 Å². The zero-order chi connectivity index (χ0) is 22.7. The number of amides is 1.